The Morgan fingerprint density at radius 3 is 2.67 bits per heavy atom. The molecule has 0 unspecified atom stereocenters. The molecule has 0 radical (unpaired) electrons. The molecular weight excluding hydrogens is 95.0 g/mol. The van der Waals surface area contributed by atoms with E-state index in [1.165, 1.54) is 0 Å². The zero-order valence-corrected chi connectivity index (χ0v) is 4.61. The molecule has 0 saturated heterocycles. The molecule has 0 aliphatic rings. The minimum atomic E-state index is 0.824. The van der Waals surface area contributed by atoms with E-state index in [0.717, 1.165) is 20.7 Å². The number of carbonyl (C=O) groups excluding carboxylic acids is 1. The zero-order valence-electron chi connectivity index (χ0n) is 3.72. The van der Waals surface area contributed by atoms with E-state index in [4.69, 9.17) is 0 Å². The fourth-order valence-electron chi connectivity index (χ4n) is 0.148. The van der Waals surface area contributed by atoms with Crippen LogP contribution >= 0.6 is 8.20 Å². The normalized spacial score (nSPS) is 9.50. The lowest BCUT2D eigenvalue weighted by molar-refractivity contribution is -0.102. The summed E-state index contributed by atoms with van der Waals surface area (Å²) in [4.78, 5) is 9.50. The lowest BCUT2D eigenvalue weighted by atomic mass is 10.9. The number of carbonyl (C=O) groups is 1. The Bertz CT molecular complexity index is 58.6. The summed E-state index contributed by atoms with van der Waals surface area (Å²) >= 11 is 0. The van der Waals surface area contributed by atoms with Gasteiger partial charge in [0.05, 0.1) is 0 Å². The van der Waals surface area contributed by atoms with Crippen LogP contribution in [0.4, 0.5) is 0 Å². The van der Waals surface area contributed by atoms with E-state index in [2.05, 4.69) is 0 Å². The Morgan fingerprint density at radius 2 is 2.50 bits per heavy atom. The van der Waals surface area contributed by atoms with Crippen molar-refractivity contribution in [3.63, 3.8) is 0 Å². The van der Waals surface area contributed by atoms with Gasteiger partial charge in [-0.1, -0.05) is 6.92 Å². The largest absolute Gasteiger partial charge is 0.298 e. The number of hydrogen-bond acceptors (Lipinski definition) is 1. The highest BCUT2D eigenvalue weighted by Gasteiger charge is 1.59. The van der Waals surface area contributed by atoms with Crippen molar-refractivity contribution >= 4 is 20.3 Å². The predicted octanol–water partition coefficient (Wildman–Crippen LogP) is 0.954. The van der Waals surface area contributed by atoms with Gasteiger partial charge in [0.15, 0.2) is 0 Å². The maximum absolute atomic E-state index is 9.50. The van der Waals surface area contributed by atoms with Crippen LogP contribution in [0.25, 0.3) is 0 Å². The van der Waals surface area contributed by atoms with Crippen LogP contribution in [-0.4, -0.2) is 18.2 Å². The number of aldehydes is 1. The third-order valence-electron chi connectivity index (χ3n) is 0.349. The van der Waals surface area contributed by atoms with Crippen LogP contribution in [0.15, 0.2) is 0 Å². The van der Waals surface area contributed by atoms with Gasteiger partial charge >= 0.3 is 0 Å². The molecule has 0 fully saturated rings. The molecule has 1 nitrogen and oxygen atoms in total. The molecule has 0 heterocycles. The highest BCUT2D eigenvalue weighted by Crippen LogP contribution is 1.85. The van der Waals surface area contributed by atoms with Crippen LogP contribution in [0.1, 0.15) is 6.92 Å². The first-order valence-electron chi connectivity index (χ1n) is 1.85. The first-order chi connectivity index (χ1) is 2.91. The molecule has 0 atom stereocenters. The van der Waals surface area contributed by atoms with Crippen molar-refractivity contribution in [3.8, 4) is 0 Å². The van der Waals surface area contributed by atoms with Gasteiger partial charge in [-0.2, -0.15) is 0 Å². The smallest absolute Gasteiger partial charge is 0.147 e. The van der Waals surface area contributed by atoms with Gasteiger partial charge in [-0.3, -0.25) is 4.79 Å². The van der Waals surface area contributed by atoms with Crippen LogP contribution in [0.2, 0.25) is 0 Å². The monoisotopic (exact) mass is 102 g/mol. The SMILES string of the molecule is CCP=CC=O. The number of hydrogen-bond donors (Lipinski definition) is 0. The molecule has 2 heteroatoms. The van der Waals surface area contributed by atoms with Gasteiger partial charge < -0.3 is 0 Å². The van der Waals surface area contributed by atoms with E-state index >= 15 is 0 Å². The lowest BCUT2D eigenvalue weighted by Gasteiger charge is -1.64. The fourth-order valence-corrected chi connectivity index (χ4v) is 0.445. The van der Waals surface area contributed by atoms with Crippen LogP contribution in [0.5, 0.6) is 0 Å². The van der Waals surface area contributed by atoms with Crippen molar-refractivity contribution in [2.24, 2.45) is 0 Å². The van der Waals surface area contributed by atoms with Gasteiger partial charge in [0, 0.05) is 5.80 Å². The topological polar surface area (TPSA) is 17.1 Å². The van der Waals surface area contributed by atoms with Crippen molar-refractivity contribution < 1.29 is 4.79 Å². The molecule has 0 saturated carbocycles. The summed E-state index contributed by atoms with van der Waals surface area (Å²) in [6, 6.07) is 0. The Kier molecular flexibility index (Phi) is 4.71. The second kappa shape index (κ2) is 4.84. The Balaban J connectivity index is 2.94. The van der Waals surface area contributed by atoms with Crippen molar-refractivity contribution in [2.45, 2.75) is 6.92 Å². The molecule has 0 aliphatic heterocycles. The first kappa shape index (κ1) is 5.84. The molecule has 0 rings (SSSR count). The van der Waals surface area contributed by atoms with E-state index in [0.29, 0.717) is 0 Å². The second-order valence-corrected chi connectivity index (χ2v) is 2.08. The van der Waals surface area contributed by atoms with Gasteiger partial charge in [0.25, 0.3) is 0 Å². The van der Waals surface area contributed by atoms with E-state index < -0.39 is 0 Å². The predicted molar refractivity (Wildman–Crippen MR) is 29.6 cm³/mol. The summed E-state index contributed by atoms with van der Waals surface area (Å²) in [5, 5.41) is 0. The van der Waals surface area contributed by atoms with Crippen LogP contribution in [-0.2, 0) is 4.79 Å². The van der Waals surface area contributed by atoms with Gasteiger partial charge in [-0.05, 0) is 6.16 Å². The summed E-state index contributed by atoms with van der Waals surface area (Å²) in [7, 11) is 1.12. The highest BCUT2D eigenvalue weighted by atomic mass is 31.1. The minimum absolute atomic E-state index is 0.824. The quantitative estimate of drug-likeness (QED) is 0.374. The van der Waals surface area contributed by atoms with Crippen molar-refractivity contribution in [3.05, 3.63) is 0 Å². The average molecular weight is 102 g/mol. The van der Waals surface area contributed by atoms with Crippen LogP contribution < -0.4 is 0 Å². The summed E-state index contributed by atoms with van der Waals surface area (Å²) in [6.45, 7) is 2.03. The molecule has 0 N–H and O–H groups in total. The molecule has 6 heavy (non-hydrogen) atoms. The van der Waals surface area contributed by atoms with Crippen molar-refractivity contribution in [2.75, 3.05) is 6.16 Å². The maximum atomic E-state index is 9.50. The summed E-state index contributed by atoms with van der Waals surface area (Å²) in [6.07, 6.45) is 1.86. The Morgan fingerprint density at radius 1 is 1.83 bits per heavy atom. The van der Waals surface area contributed by atoms with E-state index in [1.807, 2.05) is 6.92 Å². The third-order valence-corrected chi connectivity index (χ3v) is 1.05. The molecule has 34 valence electrons. The average Bonchev–Trinajstić information content (AvgIpc) is 1.61. The summed E-state index contributed by atoms with van der Waals surface area (Å²) in [5.74, 6) is 1.60. The molecule has 0 spiro atoms. The molecule has 0 amide bonds. The second-order valence-electron chi connectivity index (χ2n) is 0.784. The summed E-state index contributed by atoms with van der Waals surface area (Å²) in [5.41, 5.74) is 0. The lowest BCUT2D eigenvalue weighted by Crippen LogP contribution is -1.63. The molecular formula is C4H7OP. The van der Waals surface area contributed by atoms with E-state index in [1.54, 1.807) is 5.80 Å². The molecule has 0 aromatic rings. The molecule has 0 bridgehead atoms. The van der Waals surface area contributed by atoms with Crippen molar-refractivity contribution in [1.82, 2.24) is 0 Å². The van der Waals surface area contributed by atoms with Gasteiger partial charge in [-0.25, -0.2) is 0 Å². The molecule has 0 aliphatic carbocycles. The van der Waals surface area contributed by atoms with Gasteiger partial charge in [-0.15, -0.1) is 8.20 Å². The Hall–Kier alpha value is -0.160. The fraction of sp³-hybridized carbons (Fsp3) is 0.500. The standard InChI is InChI=1S/C4H7OP/c1-2-6-4-3-5/h3-4H,2H2,1H3. The van der Waals surface area contributed by atoms with Gasteiger partial charge in [0.1, 0.15) is 6.29 Å². The first-order valence-corrected chi connectivity index (χ1v) is 3.00. The van der Waals surface area contributed by atoms with Crippen LogP contribution in [0.3, 0.4) is 0 Å². The van der Waals surface area contributed by atoms with E-state index in [9.17, 15) is 4.79 Å². The maximum Gasteiger partial charge on any atom is 0.147 e. The minimum Gasteiger partial charge on any atom is -0.298 e. The zero-order chi connectivity index (χ0) is 4.83. The molecule has 0 aromatic heterocycles. The third kappa shape index (κ3) is 3.84. The Labute approximate surface area is 39.2 Å². The van der Waals surface area contributed by atoms with Gasteiger partial charge in [0.2, 0.25) is 0 Å². The van der Waals surface area contributed by atoms with Crippen LogP contribution in [0, 0.1) is 0 Å². The van der Waals surface area contributed by atoms with Crippen molar-refractivity contribution in [1.29, 1.82) is 0 Å². The molecule has 0 aromatic carbocycles. The highest BCUT2D eigenvalue weighted by molar-refractivity contribution is 7.40. The summed E-state index contributed by atoms with van der Waals surface area (Å²) < 4.78 is 0. The number of rotatable bonds is 2. The van der Waals surface area contributed by atoms with E-state index in [-0.39, 0.29) is 0 Å².